The second-order valence-corrected chi connectivity index (χ2v) is 9.93. The van der Waals surface area contributed by atoms with Gasteiger partial charge in [0, 0.05) is 6.07 Å². The molecule has 30 heavy (non-hydrogen) atoms. The maximum absolute atomic E-state index is 12.4. The number of rotatable bonds is 19. The van der Waals surface area contributed by atoms with Crippen LogP contribution in [0, 0.1) is 0 Å². The van der Waals surface area contributed by atoms with Crippen molar-refractivity contribution in [3.05, 3.63) is 18.2 Å². The molecule has 0 heterocycles. The average Bonchev–Trinajstić information content (AvgIpc) is 2.73. The fourth-order valence-corrected chi connectivity index (χ4v) is 4.78. The van der Waals surface area contributed by atoms with E-state index in [0.29, 0.717) is 23.6 Å². The first-order valence-electron chi connectivity index (χ1n) is 11.7. The Bertz CT molecular complexity index is 661. The molecule has 0 spiro atoms. The summed E-state index contributed by atoms with van der Waals surface area (Å²) in [5.41, 5.74) is 0.419. The number of hydrogen-bond donors (Lipinski definition) is 1. The molecular weight excluding hydrogens is 398 g/mol. The third kappa shape index (κ3) is 12.3. The van der Waals surface area contributed by atoms with Gasteiger partial charge in [-0.15, -0.1) is 0 Å². The molecule has 1 N–H and O–H groups in total. The number of benzene rings is 1. The van der Waals surface area contributed by atoms with Gasteiger partial charge in [-0.05, 0) is 18.6 Å². The fraction of sp³-hybridized carbons (Fsp3) is 0.750. The molecular formula is C24H43NO4S. The summed E-state index contributed by atoms with van der Waals surface area (Å²) in [7, 11) is -0.323. The van der Waals surface area contributed by atoms with Crippen molar-refractivity contribution in [1.82, 2.24) is 0 Å². The number of hydrogen-bond acceptors (Lipinski definition) is 4. The minimum atomic E-state index is -3.39. The van der Waals surface area contributed by atoms with Crippen LogP contribution >= 0.6 is 0 Å². The van der Waals surface area contributed by atoms with Crippen LogP contribution in [-0.4, -0.2) is 28.4 Å². The van der Waals surface area contributed by atoms with Gasteiger partial charge in [-0.25, -0.2) is 8.42 Å². The Morgan fingerprint density at radius 3 is 1.70 bits per heavy atom. The van der Waals surface area contributed by atoms with Gasteiger partial charge in [0.25, 0.3) is 0 Å². The van der Waals surface area contributed by atoms with Gasteiger partial charge in [-0.2, -0.15) is 0 Å². The standard InChI is InChI=1S/C24H43NO4S/c1-4-5-6-7-8-9-10-11-12-13-14-15-16-17-20-30(26,27)25-23-21-22(28-2)18-19-24(23)29-3/h18-19,21,25H,4-17,20H2,1-3H3. The molecule has 1 aromatic carbocycles. The zero-order valence-electron chi connectivity index (χ0n) is 19.4. The average molecular weight is 442 g/mol. The number of ether oxygens (including phenoxy) is 2. The van der Waals surface area contributed by atoms with Crippen LogP contribution < -0.4 is 14.2 Å². The predicted octanol–water partition coefficient (Wildman–Crippen LogP) is 6.93. The summed E-state index contributed by atoms with van der Waals surface area (Å²) in [6.07, 6.45) is 17.5. The van der Waals surface area contributed by atoms with Gasteiger partial charge in [0.1, 0.15) is 11.5 Å². The van der Waals surface area contributed by atoms with Crippen molar-refractivity contribution in [2.24, 2.45) is 0 Å². The maximum atomic E-state index is 12.4. The lowest BCUT2D eigenvalue weighted by Crippen LogP contribution is -2.17. The van der Waals surface area contributed by atoms with E-state index in [-0.39, 0.29) is 5.75 Å². The Morgan fingerprint density at radius 2 is 1.23 bits per heavy atom. The molecule has 0 saturated heterocycles. The SMILES string of the molecule is CCCCCCCCCCCCCCCCS(=O)(=O)Nc1cc(OC)ccc1OC. The first-order chi connectivity index (χ1) is 14.5. The van der Waals surface area contributed by atoms with E-state index < -0.39 is 10.0 Å². The van der Waals surface area contributed by atoms with Crippen molar-refractivity contribution in [3.63, 3.8) is 0 Å². The summed E-state index contributed by atoms with van der Waals surface area (Å²) in [6, 6.07) is 5.08. The monoisotopic (exact) mass is 441 g/mol. The van der Waals surface area contributed by atoms with Crippen LogP contribution in [0.3, 0.4) is 0 Å². The van der Waals surface area contributed by atoms with E-state index in [2.05, 4.69) is 11.6 Å². The second kappa shape index (κ2) is 16.3. The third-order valence-corrected chi connectivity index (χ3v) is 6.80. The van der Waals surface area contributed by atoms with E-state index in [1.807, 2.05) is 0 Å². The van der Waals surface area contributed by atoms with Crippen molar-refractivity contribution in [3.8, 4) is 11.5 Å². The van der Waals surface area contributed by atoms with Gasteiger partial charge in [0.2, 0.25) is 10.0 Å². The van der Waals surface area contributed by atoms with Crippen LogP contribution in [-0.2, 0) is 10.0 Å². The highest BCUT2D eigenvalue weighted by Crippen LogP contribution is 2.29. The molecule has 0 unspecified atom stereocenters. The topological polar surface area (TPSA) is 64.6 Å². The zero-order chi connectivity index (χ0) is 22.1. The highest BCUT2D eigenvalue weighted by Gasteiger charge is 2.14. The van der Waals surface area contributed by atoms with E-state index in [9.17, 15) is 8.42 Å². The number of sulfonamides is 1. The van der Waals surface area contributed by atoms with Gasteiger partial charge in [-0.3, -0.25) is 4.72 Å². The molecule has 0 saturated carbocycles. The van der Waals surface area contributed by atoms with E-state index in [4.69, 9.17) is 9.47 Å². The van der Waals surface area contributed by atoms with E-state index in [0.717, 1.165) is 12.8 Å². The highest BCUT2D eigenvalue weighted by molar-refractivity contribution is 7.92. The molecule has 0 aliphatic heterocycles. The van der Waals surface area contributed by atoms with Crippen LogP contribution in [0.5, 0.6) is 11.5 Å². The molecule has 1 aromatic rings. The minimum absolute atomic E-state index is 0.130. The molecule has 0 fully saturated rings. The molecule has 174 valence electrons. The maximum Gasteiger partial charge on any atom is 0.232 e. The lowest BCUT2D eigenvalue weighted by molar-refractivity contribution is 0.405. The fourth-order valence-electron chi connectivity index (χ4n) is 3.60. The van der Waals surface area contributed by atoms with Crippen molar-refractivity contribution >= 4 is 15.7 Å². The molecule has 0 atom stereocenters. The molecule has 6 heteroatoms. The summed E-state index contributed by atoms with van der Waals surface area (Å²) in [6.45, 7) is 2.26. The highest BCUT2D eigenvalue weighted by atomic mass is 32.2. The molecule has 0 aliphatic carbocycles. The molecule has 0 radical (unpaired) electrons. The number of unbranched alkanes of at least 4 members (excludes halogenated alkanes) is 13. The van der Waals surface area contributed by atoms with Crippen LogP contribution in [0.1, 0.15) is 96.8 Å². The first-order valence-corrected chi connectivity index (χ1v) is 13.4. The van der Waals surface area contributed by atoms with Crippen molar-refractivity contribution in [2.45, 2.75) is 96.8 Å². The van der Waals surface area contributed by atoms with Crippen LogP contribution in [0.15, 0.2) is 18.2 Å². The molecule has 0 aromatic heterocycles. The van der Waals surface area contributed by atoms with Gasteiger partial charge >= 0.3 is 0 Å². The summed E-state index contributed by atoms with van der Waals surface area (Å²) in [4.78, 5) is 0. The van der Waals surface area contributed by atoms with Gasteiger partial charge in [0.15, 0.2) is 0 Å². The quantitative estimate of drug-likeness (QED) is 0.236. The Labute approximate surface area is 185 Å². The Kier molecular flexibility index (Phi) is 14.4. The Balaban J connectivity index is 2.10. The second-order valence-electron chi connectivity index (χ2n) is 8.08. The lowest BCUT2D eigenvalue weighted by atomic mass is 10.0. The number of anilines is 1. The van der Waals surface area contributed by atoms with Crippen LogP contribution in [0.4, 0.5) is 5.69 Å². The normalized spacial score (nSPS) is 11.4. The van der Waals surface area contributed by atoms with Gasteiger partial charge in [0.05, 0.1) is 25.7 Å². The Hall–Kier alpha value is -1.43. The van der Waals surface area contributed by atoms with Crippen molar-refractivity contribution < 1.29 is 17.9 Å². The summed E-state index contributed by atoms with van der Waals surface area (Å²) in [5, 5.41) is 0. The molecule has 0 bridgehead atoms. The van der Waals surface area contributed by atoms with Crippen LogP contribution in [0.25, 0.3) is 0 Å². The number of methoxy groups -OCH3 is 2. The zero-order valence-corrected chi connectivity index (χ0v) is 20.2. The van der Waals surface area contributed by atoms with Gasteiger partial charge < -0.3 is 9.47 Å². The summed E-state index contributed by atoms with van der Waals surface area (Å²) < 4.78 is 37.8. The number of nitrogens with one attached hydrogen (secondary N) is 1. The smallest absolute Gasteiger partial charge is 0.232 e. The Morgan fingerprint density at radius 1 is 0.733 bits per heavy atom. The van der Waals surface area contributed by atoms with E-state index >= 15 is 0 Å². The van der Waals surface area contributed by atoms with E-state index in [1.165, 1.54) is 77.7 Å². The summed E-state index contributed by atoms with van der Waals surface area (Å²) >= 11 is 0. The molecule has 0 aliphatic rings. The molecule has 5 nitrogen and oxygen atoms in total. The van der Waals surface area contributed by atoms with E-state index in [1.54, 1.807) is 25.3 Å². The lowest BCUT2D eigenvalue weighted by Gasteiger charge is -2.13. The van der Waals surface area contributed by atoms with Crippen molar-refractivity contribution in [2.75, 3.05) is 24.7 Å². The van der Waals surface area contributed by atoms with Crippen LogP contribution in [0.2, 0.25) is 0 Å². The minimum Gasteiger partial charge on any atom is -0.497 e. The summed E-state index contributed by atoms with van der Waals surface area (Å²) in [5.74, 6) is 1.20. The largest absolute Gasteiger partial charge is 0.497 e. The predicted molar refractivity (Wildman–Crippen MR) is 127 cm³/mol. The molecule has 0 amide bonds. The first kappa shape index (κ1) is 26.6. The van der Waals surface area contributed by atoms with Gasteiger partial charge in [-0.1, -0.05) is 90.4 Å². The molecule has 1 rings (SSSR count). The third-order valence-electron chi connectivity index (χ3n) is 5.44. The van der Waals surface area contributed by atoms with Crippen molar-refractivity contribution in [1.29, 1.82) is 0 Å².